The first-order valence-electron chi connectivity index (χ1n) is 4.55. The van der Waals surface area contributed by atoms with Gasteiger partial charge in [-0.15, -0.1) is 0 Å². The molecule has 0 bridgehead atoms. The molecule has 0 heterocycles. The molecule has 4 N–H and O–H groups in total. The summed E-state index contributed by atoms with van der Waals surface area (Å²) in [6.07, 6.45) is 2.40. The lowest BCUT2D eigenvalue weighted by molar-refractivity contribution is 0.314. The molecule has 0 saturated heterocycles. The van der Waals surface area contributed by atoms with Crippen molar-refractivity contribution in [1.82, 2.24) is 5.32 Å². The Kier molecular flexibility index (Phi) is 6.48. The molecule has 5 nitrogen and oxygen atoms in total. The van der Waals surface area contributed by atoms with Gasteiger partial charge in [0.25, 0.3) is 0 Å². The Balaban J connectivity index is 4.02. The summed E-state index contributed by atoms with van der Waals surface area (Å²) in [5, 5.41) is 14.6. The van der Waals surface area contributed by atoms with Crippen molar-refractivity contribution in [3.05, 3.63) is 0 Å². The predicted molar refractivity (Wildman–Crippen MR) is 59.0 cm³/mol. The Morgan fingerprint density at radius 1 is 1.71 bits per heavy atom. The normalized spacial score (nSPS) is 18.9. The second-order valence-corrected chi connectivity index (χ2v) is 5.01. The Labute approximate surface area is 87.2 Å². The highest BCUT2D eigenvalue weighted by Gasteiger charge is 2.13. The maximum absolute atomic E-state index is 11.0. The van der Waals surface area contributed by atoms with Crippen molar-refractivity contribution < 1.29 is 9.42 Å². The molecule has 0 radical (unpaired) electrons. The average Bonchev–Trinajstić information content (AvgIpc) is 2.17. The van der Waals surface area contributed by atoms with Crippen molar-refractivity contribution in [3.8, 4) is 0 Å². The molecule has 0 saturated carbocycles. The van der Waals surface area contributed by atoms with Crippen LogP contribution in [0.15, 0.2) is 5.16 Å². The summed E-state index contributed by atoms with van der Waals surface area (Å²) in [7, 11) is -0.850. The molecule has 0 aliphatic rings. The number of nitrogens with two attached hydrogens (primary N) is 1. The monoisotopic (exact) mass is 221 g/mol. The van der Waals surface area contributed by atoms with Crippen LogP contribution in [-0.4, -0.2) is 39.3 Å². The zero-order valence-corrected chi connectivity index (χ0v) is 9.67. The Bertz CT molecular complexity index is 221. The molecule has 0 fully saturated rings. The zero-order valence-electron chi connectivity index (χ0n) is 8.86. The summed E-state index contributed by atoms with van der Waals surface area (Å²) in [6, 6.07) is -0.147. The summed E-state index contributed by atoms with van der Waals surface area (Å²) in [5.41, 5.74) is 5.45. The minimum Gasteiger partial charge on any atom is -0.409 e. The van der Waals surface area contributed by atoms with Gasteiger partial charge in [-0.25, -0.2) is 0 Å². The third-order valence-electron chi connectivity index (χ3n) is 2.10. The maximum Gasteiger partial charge on any atom is 0.156 e. The van der Waals surface area contributed by atoms with Crippen molar-refractivity contribution >= 4 is 16.6 Å². The number of nitrogens with one attached hydrogen (secondary N) is 1. The molecular formula is C8H19N3O2S. The number of nitrogens with zero attached hydrogens (tertiary/aromatic N) is 1. The smallest absolute Gasteiger partial charge is 0.156 e. The highest BCUT2D eigenvalue weighted by Crippen LogP contribution is 1.95. The molecule has 0 aromatic rings. The van der Waals surface area contributed by atoms with Crippen LogP contribution in [-0.2, 0) is 10.8 Å². The molecule has 14 heavy (non-hydrogen) atoms. The van der Waals surface area contributed by atoms with E-state index in [0.29, 0.717) is 6.54 Å². The minimum atomic E-state index is -0.850. The zero-order chi connectivity index (χ0) is 11.1. The summed E-state index contributed by atoms with van der Waals surface area (Å²) in [5.74, 6) is 0.168. The lowest BCUT2D eigenvalue weighted by Gasteiger charge is -2.17. The van der Waals surface area contributed by atoms with E-state index in [1.54, 1.807) is 6.26 Å². The van der Waals surface area contributed by atoms with Crippen LogP contribution in [0.2, 0.25) is 0 Å². The van der Waals surface area contributed by atoms with Crippen molar-refractivity contribution in [2.24, 2.45) is 10.9 Å². The summed E-state index contributed by atoms with van der Waals surface area (Å²) < 4.78 is 11.0. The van der Waals surface area contributed by atoms with Gasteiger partial charge in [0, 0.05) is 28.9 Å². The van der Waals surface area contributed by atoms with E-state index in [0.717, 1.165) is 6.42 Å². The van der Waals surface area contributed by atoms with Crippen LogP contribution in [0.1, 0.15) is 20.3 Å². The Hall–Kier alpha value is -0.620. The number of hydrogen-bond donors (Lipinski definition) is 3. The van der Waals surface area contributed by atoms with Crippen LogP contribution in [0.5, 0.6) is 0 Å². The van der Waals surface area contributed by atoms with E-state index in [4.69, 9.17) is 10.9 Å². The van der Waals surface area contributed by atoms with E-state index >= 15 is 0 Å². The van der Waals surface area contributed by atoms with Gasteiger partial charge in [-0.1, -0.05) is 12.1 Å². The molecule has 6 heteroatoms. The van der Waals surface area contributed by atoms with Gasteiger partial charge in [0.2, 0.25) is 0 Å². The van der Waals surface area contributed by atoms with E-state index in [2.05, 4.69) is 10.5 Å². The quantitative estimate of drug-likeness (QED) is 0.252. The third-order valence-corrected chi connectivity index (χ3v) is 3.40. The minimum absolute atomic E-state index is 0.0653. The maximum atomic E-state index is 11.0. The van der Waals surface area contributed by atoms with E-state index in [1.165, 1.54) is 0 Å². The molecule has 3 atom stereocenters. The predicted octanol–water partition coefficient (Wildman–Crippen LogP) is -0.132. The summed E-state index contributed by atoms with van der Waals surface area (Å²) in [6.45, 7) is 4.42. The van der Waals surface area contributed by atoms with Crippen molar-refractivity contribution in [2.75, 3.05) is 12.8 Å². The highest BCUT2D eigenvalue weighted by molar-refractivity contribution is 7.84. The van der Waals surface area contributed by atoms with Gasteiger partial charge in [0.05, 0.1) is 6.04 Å². The van der Waals surface area contributed by atoms with Crippen LogP contribution < -0.4 is 11.1 Å². The standard InChI is InChI=1S/C8H19N3O2S/c1-4-7(8(9)11-12)10-5-6(2)14(3)13/h6-7,10,12H,4-5H2,1-3H3,(H2,9,11). The molecule has 0 amide bonds. The molecule has 0 aromatic carbocycles. The lowest BCUT2D eigenvalue weighted by Crippen LogP contribution is -2.44. The average molecular weight is 221 g/mol. The van der Waals surface area contributed by atoms with Crippen LogP contribution in [0.4, 0.5) is 0 Å². The van der Waals surface area contributed by atoms with Crippen molar-refractivity contribution in [2.45, 2.75) is 31.6 Å². The number of rotatable bonds is 6. The van der Waals surface area contributed by atoms with E-state index < -0.39 is 10.8 Å². The topological polar surface area (TPSA) is 87.7 Å². The van der Waals surface area contributed by atoms with Crippen LogP contribution in [0.25, 0.3) is 0 Å². The van der Waals surface area contributed by atoms with E-state index in [-0.39, 0.29) is 17.1 Å². The van der Waals surface area contributed by atoms with Crippen LogP contribution in [0.3, 0.4) is 0 Å². The highest BCUT2D eigenvalue weighted by atomic mass is 32.2. The molecule has 0 aliphatic heterocycles. The number of hydrogen-bond acceptors (Lipinski definition) is 4. The fraction of sp³-hybridized carbons (Fsp3) is 0.875. The molecular weight excluding hydrogens is 202 g/mol. The molecule has 0 rings (SSSR count). The van der Waals surface area contributed by atoms with Crippen LogP contribution in [0, 0.1) is 0 Å². The number of amidine groups is 1. The molecule has 84 valence electrons. The van der Waals surface area contributed by atoms with Gasteiger partial charge in [0.1, 0.15) is 0 Å². The summed E-state index contributed by atoms with van der Waals surface area (Å²) >= 11 is 0. The van der Waals surface area contributed by atoms with Gasteiger partial charge in [-0.2, -0.15) is 0 Å². The molecule has 0 aromatic heterocycles. The van der Waals surface area contributed by atoms with Crippen molar-refractivity contribution in [3.63, 3.8) is 0 Å². The molecule has 0 aliphatic carbocycles. The first-order valence-corrected chi connectivity index (χ1v) is 6.18. The van der Waals surface area contributed by atoms with E-state index in [9.17, 15) is 4.21 Å². The van der Waals surface area contributed by atoms with Gasteiger partial charge < -0.3 is 16.3 Å². The van der Waals surface area contributed by atoms with Gasteiger partial charge >= 0.3 is 0 Å². The SMILES string of the molecule is CCC(NCC(C)S(C)=O)C(N)=NO. The fourth-order valence-electron chi connectivity index (χ4n) is 0.953. The molecule has 0 spiro atoms. The largest absolute Gasteiger partial charge is 0.409 e. The van der Waals surface area contributed by atoms with Crippen LogP contribution >= 0.6 is 0 Å². The first-order chi connectivity index (χ1) is 6.52. The van der Waals surface area contributed by atoms with Crippen molar-refractivity contribution in [1.29, 1.82) is 0 Å². The second-order valence-electron chi connectivity index (χ2n) is 3.20. The Morgan fingerprint density at radius 3 is 2.64 bits per heavy atom. The van der Waals surface area contributed by atoms with E-state index in [1.807, 2.05) is 13.8 Å². The van der Waals surface area contributed by atoms with Gasteiger partial charge in [-0.3, -0.25) is 4.21 Å². The van der Waals surface area contributed by atoms with Gasteiger partial charge in [0.15, 0.2) is 5.84 Å². The van der Waals surface area contributed by atoms with Gasteiger partial charge in [-0.05, 0) is 13.3 Å². The lowest BCUT2D eigenvalue weighted by atomic mass is 10.2. The number of oxime groups is 1. The summed E-state index contributed by atoms with van der Waals surface area (Å²) in [4.78, 5) is 0. The fourth-order valence-corrected chi connectivity index (χ4v) is 1.28. The first kappa shape index (κ1) is 13.4. The second kappa shape index (κ2) is 6.78. The third kappa shape index (κ3) is 4.57. The Morgan fingerprint density at radius 2 is 2.29 bits per heavy atom. The molecule has 3 unspecified atom stereocenters.